The number of hydrogen-bond donors (Lipinski definition) is 1. The Labute approximate surface area is 171 Å². The number of carbonyl (C=O) groups is 1. The number of hydrogen-bond acceptors (Lipinski definition) is 6. The molecule has 9 heteroatoms. The molecule has 7 nitrogen and oxygen atoms in total. The molecule has 1 aromatic carbocycles. The molecule has 2 aromatic rings. The molecule has 0 fully saturated rings. The van der Waals surface area contributed by atoms with Gasteiger partial charge in [-0.25, -0.2) is 0 Å². The predicted octanol–water partition coefficient (Wildman–Crippen LogP) is -1.14. The van der Waals surface area contributed by atoms with Crippen molar-refractivity contribution in [1.82, 2.24) is 9.88 Å². The first kappa shape index (κ1) is 23.9. The zero-order valence-electron chi connectivity index (χ0n) is 14.8. The van der Waals surface area contributed by atoms with Crippen molar-refractivity contribution in [3.05, 3.63) is 30.0 Å². The molecule has 0 radical (unpaired) electrons. The first-order chi connectivity index (χ1) is 11.0. The second-order valence-electron chi connectivity index (χ2n) is 5.33. The molecule has 0 atom stereocenters. The zero-order chi connectivity index (χ0) is 16.8. The van der Waals surface area contributed by atoms with Crippen molar-refractivity contribution in [3.8, 4) is 5.75 Å². The number of ether oxygens (including phenoxy) is 1. The summed E-state index contributed by atoms with van der Waals surface area (Å²) < 4.78 is 28.7. The van der Waals surface area contributed by atoms with E-state index in [-0.39, 0.29) is 46.7 Å². The second kappa shape index (κ2) is 11.5. The van der Waals surface area contributed by atoms with E-state index in [1.54, 1.807) is 7.11 Å². The Bertz CT molecular complexity index is 765. The van der Waals surface area contributed by atoms with Crippen molar-refractivity contribution in [2.45, 2.75) is 26.3 Å². The van der Waals surface area contributed by atoms with Crippen molar-refractivity contribution in [3.63, 3.8) is 0 Å². The Hall–Kier alpha value is -1.06. The van der Waals surface area contributed by atoms with Gasteiger partial charge in [-0.15, -0.1) is 0 Å². The van der Waals surface area contributed by atoms with Crippen LogP contribution in [0.4, 0.5) is 0 Å². The minimum Gasteiger partial charge on any atom is -0.870 e. The third-order valence-corrected chi connectivity index (χ3v) is 4.27. The van der Waals surface area contributed by atoms with Crippen molar-refractivity contribution in [2.24, 2.45) is 0 Å². The van der Waals surface area contributed by atoms with Gasteiger partial charge in [0, 0.05) is 37.1 Å². The topological polar surface area (TPSA) is 107 Å². The maximum absolute atomic E-state index is 11.0. The number of nitrogens with one attached hydrogen (secondary N) is 1. The van der Waals surface area contributed by atoms with Crippen LogP contribution < -0.4 is 39.6 Å². The van der Waals surface area contributed by atoms with Crippen LogP contribution in [0, 0.1) is 0 Å². The summed E-state index contributed by atoms with van der Waals surface area (Å²) in [5, 5.41) is 3.86. The molecule has 0 spiro atoms. The molecule has 2 N–H and O–H groups in total. The molecule has 0 aliphatic rings. The van der Waals surface area contributed by atoms with Gasteiger partial charge in [-0.2, -0.15) is 0 Å². The first-order valence-corrected chi connectivity index (χ1v) is 8.71. The van der Waals surface area contributed by atoms with Crippen LogP contribution in [-0.2, 0) is 36.9 Å². The Kier molecular flexibility index (Phi) is 11.0. The van der Waals surface area contributed by atoms with Crippen molar-refractivity contribution < 1.29 is 53.0 Å². The zero-order valence-corrected chi connectivity index (χ0v) is 17.6. The van der Waals surface area contributed by atoms with E-state index in [0.29, 0.717) is 25.9 Å². The van der Waals surface area contributed by atoms with Gasteiger partial charge in [0.1, 0.15) is 5.75 Å². The normalized spacial score (nSPS) is 10.2. The molecule has 0 saturated carbocycles. The van der Waals surface area contributed by atoms with Crippen LogP contribution in [0.2, 0.25) is 0 Å². The van der Waals surface area contributed by atoms with Gasteiger partial charge in [-0.3, -0.25) is 4.79 Å². The van der Waals surface area contributed by atoms with Gasteiger partial charge in [0.25, 0.3) is 0 Å². The van der Waals surface area contributed by atoms with Crippen LogP contribution in [0.3, 0.4) is 0 Å². The summed E-state index contributed by atoms with van der Waals surface area (Å²) in [5.74, 6) is 0.873. The SMILES string of the molecule is COc1ccc2c(c1)c(CCNC(C)=O)cn2CCC[S-](=O)=O.[Na+].[OH-]. The fourth-order valence-electron chi connectivity index (χ4n) is 2.59. The number of amides is 1. The average molecular weight is 377 g/mol. The minimum atomic E-state index is -2.01. The number of rotatable bonds is 8. The molecule has 0 aliphatic heterocycles. The van der Waals surface area contributed by atoms with Crippen molar-refractivity contribution in [1.29, 1.82) is 0 Å². The summed E-state index contributed by atoms with van der Waals surface area (Å²) in [5.41, 5.74) is 2.15. The number of fused-ring (bicyclic) bond motifs is 1. The van der Waals surface area contributed by atoms with Crippen LogP contribution >= 0.6 is 0 Å². The molecule has 0 aliphatic carbocycles. The van der Waals surface area contributed by atoms with Gasteiger partial charge in [0.05, 0.1) is 7.11 Å². The van der Waals surface area contributed by atoms with Crippen molar-refractivity contribution in [2.75, 3.05) is 19.4 Å². The second-order valence-corrected chi connectivity index (χ2v) is 6.34. The van der Waals surface area contributed by atoms with E-state index < -0.39 is 10.7 Å². The molecule has 0 bridgehead atoms. The van der Waals surface area contributed by atoms with E-state index in [1.165, 1.54) is 6.92 Å². The molecule has 2 rings (SSSR count). The number of methoxy groups -OCH3 is 1. The Balaban J connectivity index is 0.00000288. The number of benzene rings is 1. The van der Waals surface area contributed by atoms with Crippen LogP contribution in [0.5, 0.6) is 5.75 Å². The summed E-state index contributed by atoms with van der Waals surface area (Å²) in [6.07, 6.45) is 3.31. The van der Waals surface area contributed by atoms with Gasteiger partial charge in [-0.1, -0.05) is 16.5 Å². The Morgan fingerprint density at radius 3 is 2.64 bits per heavy atom. The Morgan fingerprint density at radius 1 is 1.32 bits per heavy atom. The standard InChI is InChI=1S/C16H21N2O4S.Na.H2O/c1-12(19)17-7-6-13-11-18(8-3-9-23(20)21)16-5-4-14(22-2)10-15(13)16;;/h4-5,10-11H,3,6-9H2,1-2H3,(H,17,19);;1H2/q-1;+1;/p-1. The monoisotopic (exact) mass is 377 g/mol. The van der Waals surface area contributed by atoms with Gasteiger partial charge < -0.3 is 28.5 Å². The van der Waals surface area contributed by atoms with Crippen LogP contribution in [-0.4, -0.2) is 35.4 Å². The maximum atomic E-state index is 11.0. The molecule has 134 valence electrons. The van der Waals surface area contributed by atoms with Gasteiger partial charge in [0.15, 0.2) is 0 Å². The third-order valence-electron chi connectivity index (χ3n) is 3.65. The molecule has 1 aromatic heterocycles. The van der Waals surface area contributed by atoms with E-state index in [4.69, 9.17) is 4.74 Å². The van der Waals surface area contributed by atoms with Gasteiger partial charge in [0.2, 0.25) is 5.91 Å². The molecular weight excluding hydrogens is 355 g/mol. The Morgan fingerprint density at radius 2 is 2.04 bits per heavy atom. The van der Waals surface area contributed by atoms with Crippen LogP contribution in [0.15, 0.2) is 24.4 Å². The average Bonchev–Trinajstić information content (AvgIpc) is 2.84. The fourth-order valence-corrected chi connectivity index (χ4v) is 2.95. The van der Waals surface area contributed by atoms with E-state index in [0.717, 1.165) is 22.2 Å². The number of aryl methyl sites for hydroxylation is 1. The number of carbonyl (C=O) groups excluding carboxylic acids is 1. The van der Waals surface area contributed by atoms with E-state index in [1.807, 2.05) is 24.4 Å². The van der Waals surface area contributed by atoms with E-state index >= 15 is 0 Å². The largest absolute Gasteiger partial charge is 1.00 e. The summed E-state index contributed by atoms with van der Waals surface area (Å²) in [6.45, 7) is 2.70. The summed E-state index contributed by atoms with van der Waals surface area (Å²) in [6, 6.07) is 5.84. The quantitative estimate of drug-likeness (QED) is 0.462. The van der Waals surface area contributed by atoms with Crippen molar-refractivity contribution >= 4 is 27.5 Å². The molecule has 1 heterocycles. The third kappa shape index (κ3) is 6.99. The first-order valence-electron chi connectivity index (χ1n) is 7.47. The van der Waals surface area contributed by atoms with Gasteiger partial charge >= 0.3 is 29.6 Å². The molecule has 0 unspecified atom stereocenters. The van der Waals surface area contributed by atoms with E-state index in [2.05, 4.69) is 9.88 Å². The minimum absolute atomic E-state index is 0. The summed E-state index contributed by atoms with van der Waals surface area (Å²) in [7, 11) is -0.388. The van der Waals surface area contributed by atoms with Crippen LogP contribution in [0.1, 0.15) is 18.9 Å². The number of nitrogens with zero attached hydrogens (tertiary/aromatic N) is 1. The van der Waals surface area contributed by atoms with E-state index in [9.17, 15) is 13.2 Å². The summed E-state index contributed by atoms with van der Waals surface area (Å²) >= 11 is 0. The smallest absolute Gasteiger partial charge is 0.870 e. The fraction of sp³-hybridized carbons (Fsp3) is 0.438. The van der Waals surface area contributed by atoms with Crippen LogP contribution in [0.25, 0.3) is 10.9 Å². The molecule has 25 heavy (non-hydrogen) atoms. The molecule has 0 saturated heterocycles. The summed E-state index contributed by atoms with van der Waals surface area (Å²) in [4.78, 5) is 11.0. The number of aromatic nitrogens is 1. The van der Waals surface area contributed by atoms with Gasteiger partial charge in [-0.05, 0) is 36.6 Å². The molecular formula is C16H22N2NaO5S-. The predicted molar refractivity (Wildman–Crippen MR) is 91.0 cm³/mol. The maximum Gasteiger partial charge on any atom is 1.00 e. The molecule has 1 amide bonds.